The summed E-state index contributed by atoms with van der Waals surface area (Å²) >= 11 is 0. The van der Waals surface area contributed by atoms with Gasteiger partial charge in [-0.05, 0) is 18.9 Å². The molecule has 1 fully saturated rings. The van der Waals surface area contributed by atoms with Gasteiger partial charge in [-0.1, -0.05) is 50.6 Å². The van der Waals surface area contributed by atoms with Gasteiger partial charge in [-0.15, -0.1) is 0 Å². The van der Waals surface area contributed by atoms with Crippen molar-refractivity contribution >= 4 is 6.09 Å². The van der Waals surface area contributed by atoms with Crippen molar-refractivity contribution in [3.63, 3.8) is 0 Å². The predicted octanol–water partition coefficient (Wildman–Crippen LogP) is 3.65. The number of hydrogen-bond acceptors (Lipinski definition) is 4. The minimum Gasteiger partial charge on any atom is -0.449 e. The van der Waals surface area contributed by atoms with Gasteiger partial charge in [0.2, 0.25) is 0 Å². The Labute approximate surface area is 139 Å². The number of carbonyl (C=O) groups excluding carboxylic acids is 1. The summed E-state index contributed by atoms with van der Waals surface area (Å²) in [5.41, 5.74) is 1.17. The van der Waals surface area contributed by atoms with Gasteiger partial charge in [-0.25, -0.2) is 14.8 Å². The Bertz CT molecular complexity index is 480. The van der Waals surface area contributed by atoms with E-state index in [0.717, 1.165) is 19.4 Å². The number of nitrogens with zero attached hydrogens (tertiary/aromatic N) is 2. The average Bonchev–Trinajstić information content (AvgIpc) is 2.84. The topological polar surface area (TPSA) is 42.0 Å². The summed E-state index contributed by atoms with van der Waals surface area (Å²) in [4.78, 5) is 12.4. The zero-order valence-corrected chi connectivity index (χ0v) is 14.4. The van der Waals surface area contributed by atoms with Crippen LogP contribution in [0.3, 0.4) is 0 Å². The fraction of sp³-hybridized carbons (Fsp3) is 0.611. The largest absolute Gasteiger partial charge is 0.449 e. The Morgan fingerprint density at radius 3 is 2.65 bits per heavy atom. The van der Waals surface area contributed by atoms with E-state index < -0.39 is 0 Å². The van der Waals surface area contributed by atoms with E-state index in [9.17, 15) is 4.79 Å². The number of ether oxygens (including phenoxy) is 2. The Kier molecular flexibility index (Phi) is 6.86. The van der Waals surface area contributed by atoms with E-state index in [4.69, 9.17) is 9.47 Å². The molecule has 1 aliphatic rings. The van der Waals surface area contributed by atoms with Crippen molar-refractivity contribution in [1.82, 2.24) is 10.0 Å². The predicted molar refractivity (Wildman–Crippen MR) is 89.5 cm³/mol. The zero-order valence-electron chi connectivity index (χ0n) is 14.4. The molecule has 5 nitrogen and oxygen atoms in total. The first-order valence-corrected chi connectivity index (χ1v) is 8.53. The van der Waals surface area contributed by atoms with Crippen molar-refractivity contribution in [3.05, 3.63) is 35.9 Å². The first-order valence-electron chi connectivity index (χ1n) is 8.53. The van der Waals surface area contributed by atoms with Crippen LogP contribution in [0.25, 0.3) is 0 Å². The van der Waals surface area contributed by atoms with Crippen LogP contribution < -0.4 is 0 Å². The van der Waals surface area contributed by atoms with Crippen molar-refractivity contribution in [1.29, 1.82) is 0 Å². The molecule has 0 aromatic heterocycles. The molecule has 2 rings (SSSR count). The maximum atomic E-state index is 12.4. The van der Waals surface area contributed by atoms with E-state index in [1.165, 1.54) is 5.56 Å². The third-order valence-electron chi connectivity index (χ3n) is 3.98. The van der Waals surface area contributed by atoms with Crippen LogP contribution in [0.4, 0.5) is 4.79 Å². The van der Waals surface area contributed by atoms with Crippen LogP contribution in [0.5, 0.6) is 0 Å². The van der Waals surface area contributed by atoms with Gasteiger partial charge in [0.1, 0.15) is 0 Å². The molecular formula is C18H28N2O3. The molecule has 0 spiro atoms. The second-order valence-electron chi connectivity index (χ2n) is 5.97. The van der Waals surface area contributed by atoms with Crippen LogP contribution in [0.1, 0.15) is 39.2 Å². The Balaban J connectivity index is 2.10. The van der Waals surface area contributed by atoms with E-state index in [2.05, 4.69) is 26.0 Å². The molecule has 0 bridgehead atoms. The van der Waals surface area contributed by atoms with Crippen LogP contribution in [0.15, 0.2) is 30.3 Å². The molecule has 5 heteroatoms. The second-order valence-corrected chi connectivity index (χ2v) is 5.97. The van der Waals surface area contributed by atoms with Gasteiger partial charge in [-0.3, -0.25) is 0 Å². The minimum absolute atomic E-state index is 0.246. The summed E-state index contributed by atoms with van der Waals surface area (Å²) in [6.45, 7) is 8.57. The lowest BCUT2D eigenvalue weighted by Crippen LogP contribution is -2.47. The van der Waals surface area contributed by atoms with Crippen molar-refractivity contribution < 1.29 is 14.3 Å². The summed E-state index contributed by atoms with van der Waals surface area (Å²) in [7, 11) is 0. The van der Waals surface area contributed by atoms with Gasteiger partial charge in [0, 0.05) is 25.6 Å². The molecule has 0 aliphatic carbocycles. The molecule has 1 aliphatic heterocycles. The number of hydrazine groups is 1. The molecule has 1 heterocycles. The third kappa shape index (κ3) is 4.69. The minimum atomic E-state index is -0.325. The van der Waals surface area contributed by atoms with E-state index >= 15 is 0 Å². The van der Waals surface area contributed by atoms with Gasteiger partial charge >= 0.3 is 6.09 Å². The SMILES string of the molecule is CCCCOC1C(C)CN(Cc2ccccc2)N1C(=O)OCC. The lowest BCUT2D eigenvalue weighted by molar-refractivity contribution is -0.112. The highest BCUT2D eigenvalue weighted by atomic mass is 16.6. The zero-order chi connectivity index (χ0) is 16.7. The summed E-state index contributed by atoms with van der Waals surface area (Å²) < 4.78 is 11.2. The lowest BCUT2D eigenvalue weighted by Gasteiger charge is -2.31. The van der Waals surface area contributed by atoms with Gasteiger partial charge < -0.3 is 9.47 Å². The smallest absolute Gasteiger partial charge is 0.426 e. The standard InChI is InChI=1S/C18H28N2O3/c1-4-6-12-23-17-15(3)13-19(20(17)18(21)22-5-2)14-16-10-8-7-9-11-16/h7-11,15,17H,4-6,12-14H2,1-3H3. The van der Waals surface area contributed by atoms with Gasteiger partial charge in [-0.2, -0.15) is 0 Å². The quantitative estimate of drug-likeness (QED) is 0.719. The normalized spacial score (nSPS) is 21.6. The number of unbranched alkanes of at least 4 members (excludes halogenated alkanes) is 1. The molecule has 0 radical (unpaired) electrons. The maximum absolute atomic E-state index is 12.4. The van der Waals surface area contributed by atoms with Crippen molar-refractivity contribution in [2.75, 3.05) is 19.8 Å². The molecular weight excluding hydrogens is 292 g/mol. The molecule has 0 saturated carbocycles. The number of carbonyl (C=O) groups is 1. The monoisotopic (exact) mass is 320 g/mol. The molecule has 1 aromatic rings. The van der Waals surface area contributed by atoms with E-state index in [-0.39, 0.29) is 18.2 Å². The highest BCUT2D eigenvalue weighted by molar-refractivity contribution is 5.67. The second kappa shape index (κ2) is 8.89. The summed E-state index contributed by atoms with van der Waals surface area (Å²) in [5, 5.41) is 3.70. The summed E-state index contributed by atoms with van der Waals surface area (Å²) in [6, 6.07) is 10.2. The van der Waals surface area contributed by atoms with Crippen LogP contribution in [0.2, 0.25) is 0 Å². The average molecular weight is 320 g/mol. The lowest BCUT2D eigenvalue weighted by atomic mass is 10.1. The van der Waals surface area contributed by atoms with Crippen LogP contribution >= 0.6 is 0 Å². The fourth-order valence-corrected chi connectivity index (χ4v) is 2.84. The Hall–Kier alpha value is -1.59. The van der Waals surface area contributed by atoms with Crippen molar-refractivity contribution in [2.24, 2.45) is 5.92 Å². The number of hydrogen-bond donors (Lipinski definition) is 0. The Morgan fingerprint density at radius 2 is 2.00 bits per heavy atom. The summed E-state index contributed by atoms with van der Waals surface area (Å²) in [6.07, 6.45) is 1.51. The van der Waals surface area contributed by atoms with Crippen LogP contribution in [0, 0.1) is 5.92 Å². The summed E-state index contributed by atoms with van der Waals surface area (Å²) in [5.74, 6) is 0.250. The first kappa shape index (κ1) is 17.8. The Morgan fingerprint density at radius 1 is 1.26 bits per heavy atom. The molecule has 2 atom stereocenters. The third-order valence-corrected chi connectivity index (χ3v) is 3.98. The van der Waals surface area contributed by atoms with E-state index in [1.807, 2.05) is 30.1 Å². The maximum Gasteiger partial charge on any atom is 0.426 e. The van der Waals surface area contributed by atoms with Gasteiger partial charge in [0.25, 0.3) is 0 Å². The van der Waals surface area contributed by atoms with E-state index in [0.29, 0.717) is 19.8 Å². The molecule has 1 saturated heterocycles. The fourth-order valence-electron chi connectivity index (χ4n) is 2.84. The van der Waals surface area contributed by atoms with Crippen LogP contribution in [-0.2, 0) is 16.0 Å². The van der Waals surface area contributed by atoms with E-state index in [1.54, 1.807) is 5.01 Å². The highest BCUT2D eigenvalue weighted by Gasteiger charge is 2.42. The number of rotatable bonds is 7. The first-order chi connectivity index (χ1) is 11.2. The highest BCUT2D eigenvalue weighted by Crippen LogP contribution is 2.27. The molecule has 0 N–H and O–H groups in total. The molecule has 128 valence electrons. The molecule has 1 aromatic carbocycles. The number of amides is 1. The van der Waals surface area contributed by atoms with Crippen molar-refractivity contribution in [3.8, 4) is 0 Å². The van der Waals surface area contributed by atoms with Crippen molar-refractivity contribution in [2.45, 2.75) is 46.4 Å². The van der Waals surface area contributed by atoms with Gasteiger partial charge in [0.05, 0.1) is 6.61 Å². The molecule has 23 heavy (non-hydrogen) atoms. The van der Waals surface area contributed by atoms with Gasteiger partial charge in [0.15, 0.2) is 6.23 Å². The number of benzene rings is 1. The molecule has 2 unspecified atom stereocenters. The van der Waals surface area contributed by atoms with Crippen LogP contribution in [-0.4, -0.2) is 42.1 Å². The molecule has 1 amide bonds.